The monoisotopic (exact) mass is 336 g/mol. The van der Waals surface area contributed by atoms with Crippen molar-refractivity contribution >= 4 is 40.6 Å². The Labute approximate surface area is 138 Å². The molecular formula is C15H14Cl2N4O. The van der Waals surface area contributed by atoms with E-state index < -0.39 is 5.91 Å². The molecule has 1 fully saturated rings. The van der Waals surface area contributed by atoms with Gasteiger partial charge < -0.3 is 10.2 Å². The maximum absolute atomic E-state index is 12.2. The Hall–Kier alpha value is -1.85. The van der Waals surface area contributed by atoms with Gasteiger partial charge in [-0.25, -0.2) is 9.97 Å². The van der Waals surface area contributed by atoms with E-state index in [9.17, 15) is 4.79 Å². The minimum absolute atomic E-state index is 0.221. The van der Waals surface area contributed by atoms with Crippen LogP contribution in [-0.4, -0.2) is 29.0 Å². The molecule has 1 aromatic heterocycles. The molecule has 114 valence electrons. The Morgan fingerprint density at radius 3 is 2.36 bits per heavy atom. The number of hydrogen-bond donors (Lipinski definition) is 1. The zero-order valence-corrected chi connectivity index (χ0v) is 13.2. The number of carbonyl (C=O) groups excluding carboxylic acids is 1. The van der Waals surface area contributed by atoms with Gasteiger partial charge in [-0.05, 0) is 25.0 Å². The number of nitrogens with one attached hydrogen (secondary N) is 1. The van der Waals surface area contributed by atoms with Gasteiger partial charge >= 0.3 is 0 Å². The lowest BCUT2D eigenvalue weighted by Gasteiger charge is -2.15. The number of aromatic nitrogens is 2. The Morgan fingerprint density at radius 2 is 1.77 bits per heavy atom. The van der Waals surface area contributed by atoms with Gasteiger partial charge in [-0.1, -0.05) is 29.3 Å². The van der Waals surface area contributed by atoms with Crippen molar-refractivity contribution in [1.29, 1.82) is 0 Å². The second kappa shape index (κ2) is 6.50. The second-order valence-electron chi connectivity index (χ2n) is 5.00. The highest BCUT2D eigenvalue weighted by atomic mass is 35.5. The van der Waals surface area contributed by atoms with Crippen LogP contribution in [0.3, 0.4) is 0 Å². The fourth-order valence-corrected chi connectivity index (χ4v) is 2.83. The van der Waals surface area contributed by atoms with Crippen LogP contribution in [-0.2, 0) is 0 Å². The lowest BCUT2D eigenvalue weighted by atomic mass is 10.3. The molecule has 7 heteroatoms. The van der Waals surface area contributed by atoms with E-state index in [0.29, 0.717) is 15.7 Å². The van der Waals surface area contributed by atoms with Crippen LogP contribution < -0.4 is 10.2 Å². The Morgan fingerprint density at radius 1 is 1.09 bits per heavy atom. The largest absolute Gasteiger partial charge is 0.355 e. The summed E-state index contributed by atoms with van der Waals surface area (Å²) in [5.74, 6) is 0.403. The van der Waals surface area contributed by atoms with Crippen molar-refractivity contribution in [3.8, 4) is 0 Å². The molecule has 1 N–H and O–H groups in total. The van der Waals surface area contributed by atoms with Crippen molar-refractivity contribution < 1.29 is 4.79 Å². The minimum atomic E-state index is -0.393. The Bertz CT molecular complexity index is 664. The van der Waals surface area contributed by atoms with Gasteiger partial charge in [-0.15, -0.1) is 0 Å². The third-order valence-corrected chi connectivity index (χ3v) is 4.13. The summed E-state index contributed by atoms with van der Waals surface area (Å²) in [6, 6.07) is 5.03. The van der Waals surface area contributed by atoms with E-state index in [0.717, 1.165) is 31.7 Å². The summed E-state index contributed by atoms with van der Waals surface area (Å²) in [5, 5.41) is 3.42. The zero-order chi connectivity index (χ0) is 15.5. The molecule has 0 spiro atoms. The quantitative estimate of drug-likeness (QED) is 0.929. The van der Waals surface area contributed by atoms with Crippen molar-refractivity contribution in [2.24, 2.45) is 0 Å². The van der Waals surface area contributed by atoms with Gasteiger partial charge in [0.15, 0.2) is 0 Å². The first-order valence-electron chi connectivity index (χ1n) is 6.97. The first-order chi connectivity index (χ1) is 10.6. The molecule has 0 unspecified atom stereocenters. The zero-order valence-electron chi connectivity index (χ0n) is 11.7. The molecule has 5 nitrogen and oxygen atoms in total. The van der Waals surface area contributed by atoms with Crippen LogP contribution in [0.2, 0.25) is 10.0 Å². The van der Waals surface area contributed by atoms with Gasteiger partial charge in [-0.2, -0.15) is 0 Å². The predicted octanol–water partition coefficient (Wildman–Crippen LogP) is 3.64. The van der Waals surface area contributed by atoms with Crippen LogP contribution >= 0.6 is 23.2 Å². The average Bonchev–Trinajstić information content (AvgIpc) is 3.05. The number of benzene rings is 1. The third-order valence-electron chi connectivity index (χ3n) is 3.50. The topological polar surface area (TPSA) is 58.1 Å². The molecular weight excluding hydrogens is 323 g/mol. The van der Waals surface area contributed by atoms with Crippen LogP contribution in [0.1, 0.15) is 23.3 Å². The number of nitrogens with zero attached hydrogens (tertiary/aromatic N) is 3. The number of anilines is 2. The van der Waals surface area contributed by atoms with E-state index >= 15 is 0 Å². The third kappa shape index (κ3) is 3.15. The Kier molecular flexibility index (Phi) is 4.45. The van der Waals surface area contributed by atoms with Gasteiger partial charge in [0.2, 0.25) is 0 Å². The van der Waals surface area contributed by atoms with Gasteiger partial charge in [0.25, 0.3) is 5.91 Å². The van der Waals surface area contributed by atoms with Gasteiger partial charge in [-0.3, -0.25) is 4.79 Å². The summed E-state index contributed by atoms with van der Waals surface area (Å²) in [7, 11) is 0. The van der Waals surface area contributed by atoms with Crippen molar-refractivity contribution in [3.63, 3.8) is 0 Å². The van der Waals surface area contributed by atoms with E-state index in [1.807, 2.05) is 0 Å². The van der Waals surface area contributed by atoms with Gasteiger partial charge in [0.1, 0.15) is 11.5 Å². The maximum atomic E-state index is 12.2. The molecule has 0 bridgehead atoms. The molecule has 22 heavy (non-hydrogen) atoms. The molecule has 2 heterocycles. The van der Waals surface area contributed by atoms with Crippen LogP contribution in [0.15, 0.2) is 30.6 Å². The average molecular weight is 337 g/mol. The smallest absolute Gasteiger partial charge is 0.275 e. The predicted molar refractivity (Wildman–Crippen MR) is 87.9 cm³/mol. The standard InChI is InChI=1S/C15H14Cl2N4O/c16-10-4-3-5-11(17)14(10)20-15(22)12-8-19-13(9-18-12)21-6-1-2-7-21/h3-5,8-9H,1-2,6-7H2,(H,20,22). The number of para-hydroxylation sites is 1. The summed E-state index contributed by atoms with van der Waals surface area (Å²) in [5.41, 5.74) is 0.597. The second-order valence-corrected chi connectivity index (χ2v) is 5.82. The number of carbonyl (C=O) groups is 1. The van der Waals surface area contributed by atoms with Gasteiger partial charge in [0.05, 0.1) is 28.1 Å². The Balaban J connectivity index is 1.75. The van der Waals surface area contributed by atoms with Crippen molar-refractivity contribution in [2.45, 2.75) is 12.8 Å². The van der Waals surface area contributed by atoms with E-state index in [1.165, 1.54) is 6.20 Å². The molecule has 1 saturated heterocycles. The van der Waals surface area contributed by atoms with E-state index in [2.05, 4.69) is 20.2 Å². The van der Waals surface area contributed by atoms with E-state index in [1.54, 1.807) is 24.4 Å². The highest BCUT2D eigenvalue weighted by Gasteiger charge is 2.16. The van der Waals surface area contributed by atoms with Crippen LogP contribution in [0.5, 0.6) is 0 Å². The van der Waals surface area contributed by atoms with Crippen molar-refractivity contribution in [2.75, 3.05) is 23.3 Å². The van der Waals surface area contributed by atoms with Crippen LogP contribution in [0.4, 0.5) is 11.5 Å². The highest BCUT2D eigenvalue weighted by molar-refractivity contribution is 6.39. The summed E-state index contributed by atoms with van der Waals surface area (Å²) < 4.78 is 0. The van der Waals surface area contributed by atoms with E-state index in [4.69, 9.17) is 23.2 Å². The van der Waals surface area contributed by atoms with E-state index in [-0.39, 0.29) is 5.69 Å². The first kappa shape index (κ1) is 15.1. The molecule has 1 aliphatic heterocycles. The minimum Gasteiger partial charge on any atom is -0.355 e. The first-order valence-corrected chi connectivity index (χ1v) is 7.73. The van der Waals surface area contributed by atoms with Crippen LogP contribution in [0, 0.1) is 0 Å². The molecule has 0 radical (unpaired) electrons. The molecule has 3 rings (SSSR count). The normalized spacial score (nSPS) is 14.2. The summed E-state index contributed by atoms with van der Waals surface area (Å²) in [6.07, 6.45) is 5.41. The maximum Gasteiger partial charge on any atom is 0.275 e. The fourth-order valence-electron chi connectivity index (χ4n) is 2.34. The fraction of sp³-hybridized carbons (Fsp3) is 0.267. The SMILES string of the molecule is O=C(Nc1c(Cl)cccc1Cl)c1cnc(N2CCCC2)cn1. The number of amides is 1. The summed E-state index contributed by atoms with van der Waals surface area (Å²) in [6.45, 7) is 1.96. The molecule has 0 saturated carbocycles. The number of halogens is 2. The van der Waals surface area contributed by atoms with Crippen LogP contribution in [0.25, 0.3) is 0 Å². The van der Waals surface area contributed by atoms with Crippen molar-refractivity contribution in [1.82, 2.24) is 9.97 Å². The summed E-state index contributed by atoms with van der Waals surface area (Å²) in [4.78, 5) is 22.8. The molecule has 2 aromatic rings. The molecule has 1 aliphatic rings. The number of rotatable bonds is 3. The van der Waals surface area contributed by atoms with Crippen molar-refractivity contribution in [3.05, 3.63) is 46.3 Å². The lowest BCUT2D eigenvalue weighted by Crippen LogP contribution is -2.20. The highest BCUT2D eigenvalue weighted by Crippen LogP contribution is 2.30. The molecule has 1 aromatic carbocycles. The van der Waals surface area contributed by atoms with Gasteiger partial charge in [0, 0.05) is 13.1 Å². The number of hydrogen-bond acceptors (Lipinski definition) is 4. The summed E-state index contributed by atoms with van der Waals surface area (Å²) >= 11 is 12.1. The molecule has 0 atom stereocenters. The molecule has 0 aliphatic carbocycles. The molecule has 1 amide bonds. The lowest BCUT2D eigenvalue weighted by molar-refractivity contribution is 0.102.